The molecule has 1 fully saturated rings. The fourth-order valence-electron chi connectivity index (χ4n) is 4.19. The maximum absolute atomic E-state index is 4.46. The number of nitrogens with zero attached hydrogens (tertiary/aromatic N) is 12. The molecule has 0 amide bonds. The van der Waals surface area contributed by atoms with E-state index in [2.05, 4.69) is 40.2 Å². The van der Waals surface area contributed by atoms with E-state index in [0.717, 1.165) is 52.6 Å². The Labute approximate surface area is 199 Å². The molecule has 4 aromatic heterocycles. The number of hydrogen-bond acceptors (Lipinski definition) is 8. The molecule has 34 heavy (non-hydrogen) atoms. The summed E-state index contributed by atoms with van der Waals surface area (Å²) in [5.74, 6) is 0. The van der Waals surface area contributed by atoms with Gasteiger partial charge in [0, 0.05) is 88.8 Å². The molecule has 1 aliphatic rings. The van der Waals surface area contributed by atoms with E-state index in [1.165, 1.54) is 0 Å². The molecule has 0 unspecified atom stereocenters. The van der Waals surface area contributed by atoms with Crippen LogP contribution in [0.25, 0.3) is 0 Å². The Hall–Kier alpha value is -3.32. The molecule has 4 aromatic rings. The molecular formula is C22H32N12. The van der Waals surface area contributed by atoms with Gasteiger partial charge in [-0.15, -0.1) is 0 Å². The van der Waals surface area contributed by atoms with E-state index in [9.17, 15) is 0 Å². The van der Waals surface area contributed by atoms with Crippen molar-refractivity contribution in [3.63, 3.8) is 0 Å². The van der Waals surface area contributed by atoms with Crippen LogP contribution >= 0.6 is 0 Å². The van der Waals surface area contributed by atoms with E-state index in [1.807, 2.05) is 92.6 Å². The van der Waals surface area contributed by atoms with Crippen molar-refractivity contribution in [3.05, 3.63) is 73.8 Å². The van der Waals surface area contributed by atoms with Crippen LogP contribution in [0.3, 0.4) is 0 Å². The number of hydrazine groups is 1. The Kier molecular flexibility index (Phi) is 7.40. The molecule has 0 atom stereocenters. The van der Waals surface area contributed by atoms with E-state index in [0.29, 0.717) is 13.3 Å². The van der Waals surface area contributed by atoms with Gasteiger partial charge in [-0.1, -0.05) is 0 Å². The van der Waals surface area contributed by atoms with Gasteiger partial charge in [0.15, 0.2) is 0 Å². The summed E-state index contributed by atoms with van der Waals surface area (Å²) in [6.07, 6.45) is 15.4. The van der Waals surface area contributed by atoms with Gasteiger partial charge in [0.1, 0.15) is 13.3 Å². The Morgan fingerprint density at radius 3 is 1.06 bits per heavy atom. The van der Waals surface area contributed by atoms with Crippen LogP contribution in [0.1, 0.15) is 0 Å². The molecule has 0 spiro atoms. The Balaban J connectivity index is 1.37. The summed E-state index contributed by atoms with van der Waals surface area (Å²) in [5, 5.41) is 22.5. The Bertz CT molecular complexity index is 955. The zero-order valence-corrected chi connectivity index (χ0v) is 19.4. The molecule has 12 nitrogen and oxygen atoms in total. The third-order valence-corrected chi connectivity index (χ3v) is 6.02. The first kappa shape index (κ1) is 22.5. The van der Waals surface area contributed by atoms with Crippen LogP contribution in [0.4, 0.5) is 0 Å². The van der Waals surface area contributed by atoms with Gasteiger partial charge >= 0.3 is 0 Å². The summed E-state index contributed by atoms with van der Waals surface area (Å²) in [5.41, 5.74) is 0. The molecule has 0 aromatic carbocycles. The summed E-state index contributed by atoms with van der Waals surface area (Å²) in [7, 11) is 0. The van der Waals surface area contributed by atoms with Crippen molar-refractivity contribution in [2.24, 2.45) is 0 Å². The van der Waals surface area contributed by atoms with Gasteiger partial charge in [0.25, 0.3) is 0 Å². The average molecular weight is 465 g/mol. The lowest BCUT2D eigenvalue weighted by Gasteiger charge is -2.39. The third-order valence-electron chi connectivity index (χ3n) is 6.02. The summed E-state index contributed by atoms with van der Waals surface area (Å²) in [6.45, 7) is 8.37. The van der Waals surface area contributed by atoms with Gasteiger partial charge in [-0.05, 0) is 24.3 Å². The summed E-state index contributed by atoms with van der Waals surface area (Å²) >= 11 is 0. The second kappa shape index (κ2) is 11.2. The van der Waals surface area contributed by atoms with E-state index >= 15 is 0 Å². The second-order valence-electron chi connectivity index (χ2n) is 8.44. The van der Waals surface area contributed by atoms with E-state index in [4.69, 9.17) is 0 Å². The standard InChI is InChI=1S/C22H32N12/c1-5-23-29(9-1)19-27-13-14-28(20-30-10-2-6-24-30)16-18-34(22-32-12-4-8-26-32)33(17-15-27)21-31-11-3-7-25-31/h1-12H,13-22H2. The monoisotopic (exact) mass is 464 g/mol. The van der Waals surface area contributed by atoms with Crippen molar-refractivity contribution in [1.29, 1.82) is 0 Å². The highest BCUT2D eigenvalue weighted by Gasteiger charge is 2.22. The fourth-order valence-corrected chi connectivity index (χ4v) is 4.19. The van der Waals surface area contributed by atoms with Crippen molar-refractivity contribution in [2.75, 3.05) is 39.3 Å². The topological polar surface area (TPSA) is 84.2 Å². The largest absolute Gasteiger partial charge is 0.282 e. The minimum Gasteiger partial charge on any atom is -0.282 e. The van der Waals surface area contributed by atoms with E-state index in [1.54, 1.807) is 0 Å². The lowest BCUT2D eigenvalue weighted by molar-refractivity contribution is -0.0943. The highest BCUT2D eigenvalue weighted by atomic mass is 15.7. The first-order valence-corrected chi connectivity index (χ1v) is 11.7. The normalized spacial score (nSPS) is 17.9. The van der Waals surface area contributed by atoms with Crippen LogP contribution in [0.15, 0.2) is 73.8 Å². The maximum Gasteiger partial charge on any atom is 0.106 e. The Morgan fingerprint density at radius 2 is 0.735 bits per heavy atom. The van der Waals surface area contributed by atoms with Crippen molar-refractivity contribution in [1.82, 2.24) is 58.9 Å². The summed E-state index contributed by atoms with van der Waals surface area (Å²) in [4.78, 5) is 4.91. The van der Waals surface area contributed by atoms with Crippen LogP contribution in [-0.2, 0) is 26.7 Å². The third kappa shape index (κ3) is 6.17. The molecule has 0 N–H and O–H groups in total. The van der Waals surface area contributed by atoms with Crippen LogP contribution in [0, 0.1) is 0 Å². The molecule has 1 saturated heterocycles. The van der Waals surface area contributed by atoms with Gasteiger partial charge in [0.05, 0.1) is 13.3 Å². The number of hydrogen-bond donors (Lipinski definition) is 0. The molecule has 12 heteroatoms. The molecule has 0 bridgehead atoms. The van der Waals surface area contributed by atoms with Crippen molar-refractivity contribution < 1.29 is 0 Å². The molecule has 5 rings (SSSR count). The first-order chi connectivity index (χ1) is 16.8. The van der Waals surface area contributed by atoms with Crippen LogP contribution in [0.2, 0.25) is 0 Å². The molecule has 180 valence electrons. The minimum atomic E-state index is 0.684. The zero-order valence-electron chi connectivity index (χ0n) is 19.4. The SMILES string of the molecule is c1cnn(CN2CCN(Cn3cccn3)CCN(Cn3cccn3)N(Cn3cccn3)CC2)c1. The Morgan fingerprint density at radius 1 is 0.412 bits per heavy atom. The van der Waals surface area contributed by atoms with Gasteiger partial charge in [-0.2, -0.15) is 20.4 Å². The first-order valence-electron chi connectivity index (χ1n) is 11.7. The van der Waals surface area contributed by atoms with Gasteiger partial charge < -0.3 is 0 Å². The molecular weight excluding hydrogens is 432 g/mol. The predicted octanol–water partition coefficient (Wildman–Crippen LogP) is 0.540. The maximum atomic E-state index is 4.46. The van der Waals surface area contributed by atoms with Gasteiger partial charge in [-0.25, -0.2) is 10.0 Å². The van der Waals surface area contributed by atoms with Crippen LogP contribution in [-0.4, -0.2) is 98.2 Å². The lowest BCUT2D eigenvalue weighted by atomic mass is 10.4. The van der Waals surface area contributed by atoms with Crippen LogP contribution < -0.4 is 0 Å². The minimum absolute atomic E-state index is 0.684. The number of aromatic nitrogens is 8. The van der Waals surface area contributed by atoms with E-state index in [-0.39, 0.29) is 0 Å². The fraction of sp³-hybridized carbons (Fsp3) is 0.455. The van der Waals surface area contributed by atoms with Crippen molar-refractivity contribution in [3.8, 4) is 0 Å². The summed E-state index contributed by atoms with van der Waals surface area (Å²) < 4.78 is 7.92. The second-order valence-corrected chi connectivity index (χ2v) is 8.44. The summed E-state index contributed by atoms with van der Waals surface area (Å²) in [6, 6.07) is 7.88. The van der Waals surface area contributed by atoms with Gasteiger partial charge in [0.2, 0.25) is 0 Å². The smallest absolute Gasteiger partial charge is 0.106 e. The molecule has 0 radical (unpaired) electrons. The molecule has 0 aliphatic carbocycles. The highest BCUT2D eigenvalue weighted by Crippen LogP contribution is 2.09. The molecule has 0 saturated carbocycles. The highest BCUT2D eigenvalue weighted by molar-refractivity contribution is 4.81. The zero-order chi connectivity index (χ0) is 23.0. The van der Waals surface area contributed by atoms with Gasteiger partial charge in [-0.3, -0.25) is 28.5 Å². The van der Waals surface area contributed by atoms with Crippen molar-refractivity contribution >= 4 is 0 Å². The predicted molar refractivity (Wildman–Crippen MR) is 125 cm³/mol. The van der Waals surface area contributed by atoms with Crippen LogP contribution in [0.5, 0.6) is 0 Å². The number of rotatable bonds is 8. The molecule has 1 aliphatic heterocycles. The quantitative estimate of drug-likeness (QED) is 0.374. The van der Waals surface area contributed by atoms with E-state index < -0.39 is 0 Å². The average Bonchev–Trinajstić information content (AvgIpc) is 3.66. The molecule has 5 heterocycles. The van der Waals surface area contributed by atoms with Crippen molar-refractivity contribution in [2.45, 2.75) is 26.7 Å². The lowest BCUT2D eigenvalue weighted by Crippen LogP contribution is -2.52.